The van der Waals surface area contributed by atoms with Gasteiger partial charge in [0.1, 0.15) is 6.61 Å². The topological polar surface area (TPSA) is 43.4 Å². The van der Waals surface area contributed by atoms with Crippen LogP contribution < -0.4 is 0 Å². The predicted octanol–water partition coefficient (Wildman–Crippen LogP) is 1.54. The van der Waals surface area contributed by atoms with E-state index >= 15 is 0 Å². The molecule has 0 saturated carbocycles. The van der Waals surface area contributed by atoms with Crippen LogP contribution >= 0.6 is 14.8 Å². The smallest absolute Gasteiger partial charge is 0.255 e. The predicted molar refractivity (Wildman–Crippen MR) is 34.7 cm³/mol. The summed E-state index contributed by atoms with van der Waals surface area (Å²) in [6, 6.07) is 0. The average Bonchev–Trinajstić information content (AvgIpc) is 1.82. The molecule has 0 aliphatic carbocycles. The molecule has 3 nitrogen and oxygen atoms in total. The van der Waals surface area contributed by atoms with Crippen LogP contribution in [0.4, 0.5) is 17.6 Å². The molecule has 0 aliphatic heterocycles. The summed E-state index contributed by atoms with van der Waals surface area (Å²) in [5.74, 6) is -4.46. The number of halogens is 5. The van der Waals surface area contributed by atoms with Gasteiger partial charge in [-0.3, -0.25) is 4.18 Å². The minimum absolute atomic E-state index is 1.85. The summed E-state index contributed by atoms with van der Waals surface area (Å²) in [6.07, 6.45) is -3.95. The highest BCUT2D eigenvalue weighted by Gasteiger charge is 2.42. The van der Waals surface area contributed by atoms with Gasteiger partial charge in [0.15, 0.2) is 0 Å². The highest BCUT2D eigenvalue weighted by Crippen LogP contribution is 2.24. The molecule has 9 heteroatoms. The Kier molecular flexibility index (Phi) is 3.91. The summed E-state index contributed by atoms with van der Waals surface area (Å²) in [7, 11) is -4.29. The highest BCUT2D eigenvalue weighted by molar-refractivity contribution is 9.46. The molecule has 0 unspecified atom stereocenters. The molecular weight excluding hydrogens is 272 g/mol. The molecule has 0 aromatic heterocycles. The first-order chi connectivity index (χ1) is 5.15. The van der Waals surface area contributed by atoms with Crippen LogP contribution in [0.3, 0.4) is 0 Å². The van der Waals surface area contributed by atoms with Crippen LogP contribution in [0.25, 0.3) is 0 Å². The Labute approximate surface area is 73.0 Å². The molecule has 0 spiro atoms. The molecule has 0 atom stereocenters. The lowest BCUT2D eigenvalue weighted by Crippen LogP contribution is -2.32. The fraction of sp³-hybridized carbons (Fsp3) is 1.00. The molecule has 0 fully saturated rings. The molecule has 12 heavy (non-hydrogen) atoms. The molecule has 74 valence electrons. The largest absolute Gasteiger partial charge is 0.331 e. The molecule has 0 heterocycles. The lowest BCUT2D eigenvalue weighted by molar-refractivity contribution is -0.147. The van der Waals surface area contributed by atoms with Crippen LogP contribution in [0.15, 0.2) is 0 Å². The lowest BCUT2D eigenvalue weighted by Gasteiger charge is -2.12. The van der Waals surface area contributed by atoms with E-state index in [1.54, 1.807) is 0 Å². The van der Waals surface area contributed by atoms with E-state index in [4.69, 9.17) is 0 Å². The standard InChI is InChI=1S/C3H3BrF4O3S/c4-12(9,10)11-1-3(7,8)2(5)6/h2H,1H2. The van der Waals surface area contributed by atoms with E-state index in [0.717, 1.165) is 0 Å². The Morgan fingerprint density at radius 3 is 2.08 bits per heavy atom. The molecule has 0 aliphatic rings. The summed E-state index contributed by atoms with van der Waals surface area (Å²) in [6.45, 7) is -1.88. The van der Waals surface area contributed by atoms with Crippen molar-refractivity contribution in [3.63, 3.8) is 0 Å². The van der Waals surface area contributed by atoms with Crippen LogP contribution in [0.2, 0.25) is 0 Å². The van der Waals surface area contributed by atoms with E-state index in [1.807, 2.05) is 14.8 Å². The first-order valence-corrected chi connectivity index (χ1v) is 5.65. The van der Waals surface area contributed by atoms with Gasteiger partial charge in [0.25, 0.3) is 0 Å². The van der Waals surface area contributed by atoms with E-state index in [2.05, 4.69) is 4.18 Å². The van der Waals surface area contributed by atoms with Gasteiger partial charge in [-0.2, -0.15) is 17.2 Å². The Hall–Kier alpha value is 0.110. The van der Waals surface area contributed by atoms with Crippen molar-refractivity contribution in [3.8, 4) is 0 Å². The zero-order valence-electron chi connectivity index (χ0n) is 5.31. The van der Waals surface area contributed by atoms with Crippen molar-refractivity contribution in [3.05, 3.63) is 0 Å². The SMILES string of the molecule is O=S(=O)(Br)OCC(F)(F)C(F)F. The minimum Gasteiger partial charge on any atom is -0.255 e. The zero-order chi connectivity index (χ0) is 9.99. The van der Waals surface area contributed by atoms with Crippen molar-refractivity contribution < 1.29 is 30.2 Å². The van der Waals surface area contributed by atoms with Crippen molar-refractivity contribution in [1.82, 2.24) is 0 Å². The van der Waals surface area contributed by atoms with E-state index in [1.165, 1.54) is 0 Å². The van der Waals surface area contributed by atoms with Crippen molar-refractivity contribution in [2.24, 2.45) is 0 Å². The van der Waals surface area contributed by atoms with Crippen LogP contribution in [0, 0.1) is 0 Å². The second kappa shape index (κ2) is 3.88. The quantitative estimate of drug-likeness (QED) is 0.577. The first-order valence-electron chi connectivity index (χ1n) is 2.40. The van der Waals surface area contributed by atoms with Crippen molar-refractivity contribution >= 4 is 23.4 Å². The summed E-state index contributed by atoms with van der Waals surface area (Å²) < 4.78 is 70.0. The second-order valence-electron chi connectivity index (χ2n) is 1.72. The monoisotopic (exact) mass is 274 g/mol. The molecule has 0 rings (SSSR count). The van der Waals surface area contributed by atoms with Crippen LogP contribution in [0.5, 0.6) is 0 Å². The molecule has 0 radical (unpaired) electrons. The van der Waals surface area contributed by atoms with Gasteiger partial charge in [0, 0.05) is 0 Å². The molecule has 0 N–H and O–H groups in total. The third-order valence-corrected chi connectivity index (χ3v) is 1.67. The number of rotatable bonds is 4. The fourth-order valence-corrected chi connectivity index (χ4v) is 0.790. The van der Waals surface area contributed by atoms with Crippen LogP contribution in [-0.4, -0.2) is 27.4 Å². The minimum atomic E-state index is -4.46. The molecule has 0 aromatic rings. The normalized spacial score (nSPS) is 13.8. The Bertz CT molecular complexity index is 238. The number of hydrogen-bond donors (Lipinski definition) is 0. The maximum absolute atomic E-state index is 11.9. The summed E-state index contributed by atoms with van der Waals surface area (Å²) in [5, 5.41) is 0. The number of alkyl halides is 4. The Morgan fingerprint density at radius 2 is 1.83 bits per heavy atom. The molecule has 0 saturated heterocycles. The van der Waals surface area contributed by atoms with E-state index < -0.39 is 27.5 Å². The average molecular weight is 275 g/mol. The zero-order valence-corrected chi connectivity index (χ0v) is 7.71. The molecule has 0 amide bonds. The maximum atomic E-state index is 11.9. The van der Waals surface area contributed by atoms with Gasteiger partial charge in [-0.25, -0.2) is 8.78 Å². The van der Waals surface area contributed by atoms with E-state index in [0.29, 0.717) is 0 Å². The summed E-state index contributed by atoms with van der Waals surface area (Å²) in [5.41, 5.74) is 0. The maximum Gasteiger partial charge on any atom is 0.331 e. The Morgan fingerprint density at radius 1 is 1.42 bits per heavy atom. The molecule has 0 bridgehead atoms. The molecule has 0 aromatic carbocycles. The van der Waals surface area contributed by atoms with Crippen molar-refractivity contribution in [1.29, 1.82) is 0 Å². The Balaban J connectivity index is 4.10. The third kappa shape index (κ3) is 4.88. The van der Waals surface area contributed by atoms with Crippen LogP contribution in [0.1, 0.15) is 0 Å². The van der Waals surface area contributed by atoms with E-state index in [9.17, 15) is 26.0 Å². The van der Waals surface area contributed by atoms with Gasteiger partial charge in [-0.1, -0.05) is 0 Å². The van der Waals surface area contributed by atoms with Gasteiger partial charge < -0.3 is 0 Å². The lowest BCUT2D eigenvalue weighted by atomic mass is 10.4. The van der Waals surface area contributed by atoms with Gasteiger partial charge >= 0.3 is 20.9 Å². The fourth-order valence-electron chi connectivity index (χ4n) is 0.212. The summed E-state index contributed by atoms with van der Waals surface area (Å²) >= 11 is 1.85. The van der Waals surface area contributed by atoms with Crippen molar-refractivity contribution in [2.45, 2.75) is 12.3 Å². The summed E-state index contributed by atoms with van der Waals surface area (Å²) in [4.78, 5) is 0. The highest BCUT2D eigenvalue weighted by atomic mass is 79.9. The molecular formula is C3H3BrF4O3S. The number of hydrogen-bond acceptors (Lipinski definition) is 3. The van der Waals surface area contributed by atoms with E-state index in [-0.39, 0.29) is 0 Å². The van der Waals surface area contributed by atoms with Gasteiger partial charge in [-0.05, 0) is 0 Å². The second-order valence-corrected chi connectivity index (χ2v) is 5.12. The third-order valence-electron chi connectivity index (χ3n) is 0.711. The first kappa shape index (κ1) is 12.1. The van der Waals surface area contributed by atoms with Crippen molar-refractivity contribution in [2.75, 3.05) is 6.61 Å². The van der Waals surface area contributed by atoms with Gasteiger partial charge in [0.05, 0.1) is 14.8 Å². The van der Waals surface area contributed by atoms with Crippen LogP contribution in [-0.2, 0) is 12.7 Å². The van der Waals surface area contributed by atoms with Gasteiger partial charge in [0.2, 0.25) is 0 Å². The van der Waals surface area contributed by atoms with Gasteiger partial charge in [-0.15, -0.1) is 0 Å².